The van der Waals surface area contributed by atoms with Crippen LogP contribution in [0.1, 0.15) is 30.1 Å². The molecule has 18 heavy (non-hydrogen) atoms. The number of nitrogen functional groups attached to an aromatic ring is 1. The Bertz CT molecular complexity index is 497. The SMILES string of the molecule is CCN(C(=O)c1cccc([N+](=O)[O-])c1N)C1CC1. The highest BCUT2D eigenvalue weighted by Crippen LogP contribution is 2.31. The van der Waals surface area contributed by atoms with Gasteiger partial charge in [0.25, 0.3) is 11.6 Å². The number of anilines is 1. The lowest BCUT2D eigenvalue weighted by Gasteiger charge is -2.21. The van der Waals surface area contributed by atoms with Crippen molar-refractivity contribution in [3.8, 4) is 0 Å². The van der Waals surface area contributed by atoms with Gasteiger partial charge in [-0.1, -0.05) is 6.07 Å². The fourth-order valence-corrected chi connectivity index (χ4v) is 2.01. The van der Waals surface area contributed by atoms with Crippen molar-refractivity contribution in [1.82, 2.24) is 4.90 Å². The molecular weight excluding hydrogens is 234 g/mol. The molecule has 1 aromatic carbocycles. The molecule has 0 heterocycles. The second kappa shape index (κ2) is 4.64. The van der Waals surface area contributed by atoms with Crippen molar-refractivity contribution in [2.75, 3.05) is 12.3 Å². The highest BCUT2D eigenvalue weighted by Gasteiger charge is 2.33. The van der Waals surface area contributed by atoms with E-state index in [1.165, 1.54) is 18.2 Å². The number of nitrogens with two attached hydrogens (primary N) is 1. The molecule has 1 aliphatic carbocycles. The Kier molecular flexibility index (Phi) is 3.18. The molecule has 0 atom stereocenters. The van der Waals surface area contributed by atoms with E-state index in [9.17, 15) is 14.9 Å². The first-order chi connectivity index (χ1) is 8.56. The third-order valence-electron chi connectivity index (χ3n) is 3.10. The molecule has 0 bridgehead atoms. The topological polar surface area (TPSA) is 89.5 Å². The maximum absolute atomic E-state index is 12.3. The first-order valence-electron chi connectivity index (χ1n) is 5.90. The van der Waals surface area contributed by atoms with E-state index in [1.807, 2.05) is 6.92 Å². The van der Waals surface area contributed by atoms with Gasteiger partial charge in [-0.15, -0.1) is 0 Å². The monoisotopic (exact) mass is 249 g/mol. The Morgan fingerprint density at radius 1 is 1.56 bits per heavy atom. The van der Waals surface area contributed by atoms with E-state index in [0.717, 1.165) is 12.8 Å². The van der Waals surface area contributed by atoms with Gasteiger partial charge in [-0.05, 0) is 25.8 Å². The number of carbonyl (C=O) groups is 1. The molecular formula is C12H15N3O3. The van der Waals surface area contributed by atoms with Crippen molar-refractivity contribution in [3.05, 3.63) is 33.9 Å². The van der Waals surface area contributed by atoms with Gasteiger partial charge < -0.3 is 10.6 Å². The van der Waals surface area contributed by atoms with Crippen molar-refractivity contribution < 1.29 is 9.72 Å². The average Bonchev–Trinajstić information content (AvgIpc) is 3.14. The van der Waals surface area contributed by atoms with Crippen molar-refractivity contribution >= 4 is 17.3 Å². The van der Waals surface area contributed by atoms with Crippen LogP contribution in [0.4, 0.5) is 11.4 Å². The number of nitro groups is 1. The molecule has 1 saturated carbocycles. The zero-order valence-electron chi connectivity index (χ0n) is 10.1. The van der Waals surface area contributed by atoms with E-state index in [1.54, 1.807) is 4.90 Å². The molecule has 0 aromatic heterocycles. The van der Waals surface area contributed by atoms with Crippen LogP contribution in [0.15, 0.2) is 18.2 Å². The van der Waals surface area contributed by atoms with Gasteiger partial charge in [0.15, 0.2) is 0 Å². The van der Waals surface area contributed by atoms with E-state index in [2.05, 4.69) is 0 Å². The number of hydrogen-bond donors (Lipinski definition) is 1. The van der Waals surface area contributed by atoms with Crippen LogP contribution in [0.5, 0.6) is 0 Å². The highest BCUT2D eigenvalue weighted by atomic mass is 16.6. The molecule has 2 rings (SSSR count). The Morgan fingerprint density at radius 3 is 2.72 bits per heavy atom. The van der Waals surface area contributed by atoms with Crippen LogP contribution in [0.3, 0.4) is 0 Å². The number of carbonyl (C=O) groups excluding carboxylic acids is 1. The molecule has 6 nitrogen and oxygen atoms in total. The van der Waals surface area contributed by atoms with Gasteiger partial charge >= 0.3 is 0 Å². The summed E-state index contributed by atoms with van der Waals surface area (Å²) >= 11 is 0. The largest absolute Gasteiger partial charge is 0.393 e. The van der Waals surface area contributed by atoms with Crippen molar-refractivity contribution in [2.45, 2.75) is 25.8 Å². The fraction of sp³-hybridized carbons (Fsp3) is 0.417. The van der Waals surface area contributed by atoms with Gasteiger partial charge in [0.2, 0.25) is 0 Å². The predicted molar refractivity (Wildman–Crippen MR) is 67.2 cm³/mol. The lowest BCUT2D eigenvalue weighted by Crippen LogP contribution is -2.33. The zero-order valence-corrected chi connectivity index (χ0v) is 10.1. The molecule has 0 spiro atoms. The maximum Gasteiger partial charge on any atom is 0.292 e. The lowest BCUT2D eigenvalue weighted by atomic mass is 10.1. The second-order valence-corrected chi connectivity index (χ2v) is 4.32. The van der Waals surface area contributed by atoms with Gasteiger partial charge in [0.1, 0.15) is 5.69 Å². The van der Waals surface area contributed by atoms with E-state index in [4.69, 9.17) is 5.73 Å². The summed E-state index contributed by atoms with van der Waals surface area (Å²) in [6.45, 7) is 2.48. The van der Waals surface area contributed by atoms with E-state index < -0.39 is 4.92 Å². The molecule has 2 N–H and O–H groups in total. The Hall–Kier alpha value is -2.11. The van der Waals surface area contributed by atoms with E-state index in [-0.39, 0.29) is 28.9 Å². The molecule has 0 saturated heterocycles. The Morgan fingerprint density at radius 2 is 2.22 bits per heavy atom. The fourth-order valence-electron chi connectivity index (χ4n) is 2.01. The Balaban J connectivity index is 2.35. The molecule has 6 heteroatoms. The highest BCUT2D eigenvalue weighted by molar-refractivity contribution is 6.01. The predicted octanol–water partition coefficient (Wildman–Crippen LogP) is 1.80. The summed E-state index contributed by atoms with van der Waals surface area (Å²) in [7, 11) is 0. The van der Waals surface area contributed by atoms with Gasteiger partial charge in [0.05, 0.1) is 10.5 Å². The van der Waals surface area contributed by atoms with Crippen LogP contribution in [0, 0.1) is 10.1 Å². The van der Waals surface area contributed by atoms with Crippen molar-refractivity contribution in [2.24, 2.45) is 0 Å². The zero-order chi connectivity index (χ0) is 13.3. The third-order valence-corrected chi connectivity index (χ3v) is 3.10. The van der Waals surface area contributed by atoms with Gasteiger partial charge in [-0.3, -0.25) is 14.9 Å². The van der Waals surface area contributed by atoms with Gasteiger partial charge in [-0.25, -0.2) is 0 Å². The summed E-state index contributed by atoms with van der Waals surface area (Å²) in [6.07, 6.45) is 1.99. The summed E-state index contributed by atoms with van der Waals surface area (Å²) in [4.78, 5) is 24.2. The van der Waals surface area contributed by atoms with Crippen molar-refractivity contribution in [1.29, 1.82) is 0 Å². The molecule has 1 aromatic rings. The van der Waals surface area contributed by atoms with Gasteiger partial charge in [0, 0.05) is 18.7 Å². The number of nitrogens with zero attached hydrogens (tertiary/aromatic N) is 2. The summed E-state index contributed by atoms with van der Waals surface area (Å²) in [5, 5.41) is 10.8. The lowest BCUT2D eigenvalue weighted by molar-refractivity contribution is -0.383. The molecule has 0 radical (unpaired) electrons. The smallest absolute Gasteiger partial charge is 0.292 e. The summed E-state index contributed by atoms with van der Waals surface area (Å²) in [5.74, 6) is -0.221. The molecule has 1 fully saturated rings. The molecule has 96 valence electrons. The molecule has 0 unspecified atom stereocenters. The number of para-hydroxylation sites is 1. The second-order valence-electron chi connectivity index (χ2n) is 4.32. The third kappa shape index (κ3) is 2.13. The van der Waals surface area contributed by atoms with E-state index in [0.29, 0.717) is 6.54 Å². The van der Waals surface area contributed by atoms with Crippen LogP contribution in [0.25, 0.3) is 0 Å². The standard InChI is InChI=1S/C12H15N3O3/c1-2-14(8-6-7-8)12(16)9-4-3-5-10(11(9)13)15(17)18/h3-5,8H,2,6-7,13H2,1H3. The van der Waals surface area contributed by atoms with Crippen LogP contribution in [-0.2, 0) is 0 Å². The minimum atomic E-state index is -0.570. The number of hydrogen-bond acceptors (Lipinski definition) is 4. The maximum atomic E-state index is 12.3. The van der Waals surface area contributed by atoms with Gasteiger partial charge in [-0.2, -0.15) is 0 Å². The molecule has 1 aliphatic rings. The van der Waals surface area contributed by atoms with Crippen LogP contribution < -0.4 is 5.73 Å². The Labute approximate surface area is 105 Å². The van der Waals surface area contributed by atoms with Crippen LogP contribution in [-0.4, -0.2) is 28.3 Å². The number of amides is 1. The van der Waals surface area contributed by atoms with Crippen molar-refractivity contribution in [3.63, 3.8) is 0 Å². The first-order valence-corrected chi connectivity index (χ1v) is 5.90. The number of nitro benzene ring substituents is 1. The van der Waals surface area contributed by atoms with E-state index >= 15 is 0 Å². The average molecular weight is 249 g/mol. The quantitative estimate of drug-likeness (QED) is 0.500. The van der Waals surface area contributed by atoms with Crippen LogP contribution >= 0.6 is 0 Å². The first kappa shape index (κ1) is 12.3. The summed E-state index contributed by atoms with van der Waals surface area (Å²) in [6, 6.07) is 4.60. The minimum absolute atomic E-state index is 0.0494. The minimum Gasteiger partial charge on any atom is -0.393 e. The number of benzene rings is 1. The van der Waals surface area contributed by atoms with Crippen LogP contribution in [0.2, 0.25) is 0 Å². The molecule has 1 amide bonds. The normalized spacial score (nSPS) is 14.3. The summed E-state index contributed by atoms with van der Waals surface area (Å²) in [5.41, 5.74) is 5.66. The molecule has 0 aliphatic heterocycles. The number of rotatable bonds is 4. The summed E-state index contributed by atoms with van der Waals surface area (Å²) < 4.78 is 0.